The molecule has 5 heteroatoms. The molecule has 0 saturated carbocycles. The van der Waals surface area contributed by atoms with Gasteiger partial charge in [-0.1, -0.05) is 0 Å². The molecular formula is C11H21FN2O2. The number of likely N-dealkylation sites (N-methyl/N-ethyl adjacent to an activating group) is 1. The predicted molar refractivity (Wildman–Crippen MR) is 60.2 cm³/mol. The Morgan fingerprint density at radius 1 is 1.38 bits per heavy atom. The second-order valence-corrected chi connectivity index (χ2v) is 5.43. The summed E-state index contributed by atoms with van der Waals surface area (Å²) < 4.78 is 18.8. The lowest BCUT2D eigenvalue weighted by molar-refractivity contribution is 0.0279. The highest BCUT2D eigenvalue weighted by Crippen LogP contribution is 2.19. The molecule has 0 aromatic carbocycles. The highest BCUT2D eigenvalue weighted by atomic mass is 19.1. The summed E-state index contributed by atoms with van der Waals surface area (Å²) in [5, 5.41) is 0. The maximum atomic E-state index is 13.6. The van der Waals surface area contributed by atoms with Gasteiger partial charge >= 0.3 is 6.09 Å². The summed E-state index contributed by atoms with van der Waals surface area (Å²) in [6.45, 7) is 5.92. The van der Waals surface area contributed by atoms with Crippen molar-refractivity contribution in [2.24, 2.45) is 0 Å². The Morgan fingerprint density at radius 3 is 2.31 bits per heavy atom. The zero-order valence-corrected chi connectivity index (χ0v) is 10.7. The second kappa shape index (κ2) is 4.57. The van der Waals surface area contributed by atoms with Crippen LogP contribution in [0.1, 0.15) is 20.8 Å². The first-order valence-corrected chi connectivity index (χ1v) is 5.49. The number of carbonyl (C=O) groups is 1. The van der Waals surface area contributed by atoms with Gasteiger partial charge in [0.15, 0.2) is 0 Å². The maximum absolute atomic E-state index is 13.6. The maximum Gasteiger partial charge on any atom is 0.410 e. The minimum absolute atomic E-state index is 0.123. The SMILES string of the molecule is CN(C)[C@@H]1CN(C(=O)OC(C)(C)C)C[C@H]1F. The molecule has 0 unspecified atom stereocenters. The lowest BCUT2D eigenvalue weighted by Crippen LogP contribution is -2.38. The van der Waals surface area contributed by atoms with Crippen LogP contribution < -0.4 is 0 Å². The van der Waals surface area contributed by atoms with Crippen LogP contribution >= 0.6 is 0 Å². The predicted octanol–water partition coefficient (Wildman–Crippen LogP) is 1.51. The number of amides is 1. The first-order chi connectivity index (χ1) is 7.20. The van der Waals surface area contributed by atoms with Crippen LogP contribution in [0, 0.1) is 0 Å². The number of halogens is 1. The lowest BCUT2D eigenvalue weighted by atomic mass is 10.2. The standard InChI is InChI=1S/C11H21FN2O2/c1-11(2,3)16-10(15)14-6-8(12)9(7-14)13(4)5/h8-9H,6-7H2,1-5H3/t8-,9-/m1/s1. The number of hydrogen-bond acceptors (Lipinski definition) is 3. The molecule has 4 nitrogen and oxygen atoms in total. The average Bonchev–Trinajstić information content (AvgIpc) is 2.44. The average molecular weight is 232 g/mol. The van der Waals surface area contributed by atoms with E-state index in [1.54, 1.807) is 25.7 Å². The van der Waals surface area contributed by atoms with Crippen LogP contribution in [-0.2, 0) is 4.74 Å². The fraction of sp³-hybridized carbons (Fsp3) is 0.909. The number of carbonyl (C=O) groups excluding carboxylic acids is 1. The molecule has 1 aliphatic heterocycles. The smallest absolute Gasteiger partial charge is 0.410 e. The molecule has 1 fully saturated rings. The normalized spacial score (nSPS) is 26.3. The van der Waals surface area contributed by atoms with Crippen molar-refractivity contribution in [2.45, 2.75) is 38.6 Å². The van der Waals surface area contributed by atoms with Gasteiger partial charge in [-0.3, -0.25) is 0 Å². The topological polar surface area (TPSA) is 32.8 Å². The Hall–Kier alpha value is -0.840. The van der Waals surface area contributed by atoms with Crippen molar-refractivity contribution in [3.8, 4) is 0 Å². The van der Waals surface area contributed by atoms with E-state index in [4.69, 9.17) is 4.74 Å². The van der Waals surface area contributed by atoms with Crippen molar-refractivity contribution in [3.63, 3.8) is 0 Å². The van der Waals surface area contributed by atoms with E-state index in [1.807, 2.05) is 14.1 Å². The van der Waals surface area contributed by atoms with Crippen LogP contribution in [0.25, 0.3) is 0 Å². The van der Waals surface area contributed by atoms with E-state index < -0.39 is 17.9 Å². The summed E-state index contributed by atoms with van der Waals surface area (Å²) in [6, 6.07) is -0.229. The first kappa shape index (κ1) is 13.2. The number of hydrogen-bond donors (Lipinski definition) is 0. The van der Waals surface area contributed by atoms with Gasteiger partial charge in [-0.2, -0.15) is 0 Å². The highest BCUT2D eigenvalue weighted by Gasteiger charge is 2.38. The summed E-state index contributed by atoms with van der Waals surface area (Å²) in [4.78, 5) is 14.9. The Kier molecular flexibility index (Phi) is 3.78. The molecule has 2 atom stereocenters. The van der Waals surface area contributed by atoms with Crippen LogP contribution in [0.4, 0.5) is 9.18 Å². The molecule has 1 amide bonds. The van der Waals surface area contributed by atoms with Crippen molar-refractivity contribution < 1.29 is 13.9 Å². The molecular weight excluding hydrogens is 211 g/mol. The number of nitrogens with zero attached hydrogens (tertiary/aromatic N) is 2. The molecule has 0 aliphatic carbocycles. The first-order valence-electron chi connectivity index (χ1n) is 5.49. The minimum Gasteiger partial charge on any atom is -0.444 e. The van der Waals surface area contributed by atoms with Crippen molar-refractivity contribution in [3.05, 3.63) is 0 Å². The molecule has 0 N–H and O–H groups in total. The molecule has 1 rings (SSSR count). The summed E-state index contributed by atoms with van der Waals surface area (Å²) in [5.74, 6) is 0. The molecule has 1 aliphatic rings. The number of rotatable bonds is 1. The zero-order valence-electron chi connectivity index (χ0n) is 10.7. The molecule has 0 aromatic heterocycles. The number of likely N-dealkylation sites (tertiary alicyclic amines) is 1. The molecule has 0 radical (unpaired) electrons. The van der Waals surface area contributed by atoms with E-state index in [0.717, 1.165) is 0 Å². The Bertz CT molecular complexity index is 263. The summed E-state index contributed by atoms with van der Waals surface area (Å²) in [5.41, 5.74) is -0.529. The Balaban J connectivity index is 2.55. The van der Waals surface area contributed by atoms with Gasteiger partial charge in [0, 0.05) is 6.54 Å². The highest BCUT2D eigenvalue weighted by molar-refractivity contribution is 5.68. The molecule has 1 heterocycles. The summed E-state index contributed by atoms with van der Waals surface area (Å²) in [6.07, 6.45) is -1.43. The van der Waals surface area contributed by atoms with Crippen molar-refractivity contribution in [1.82, 2.24) is 9.80 Å². The molecule has 94 valence electrons. The number of ether oxygens (including phenoxy) is 1. The largest absolute Gasteiger partial charge is 0.444 e. The van der Waals surface area contributed by atoms with E-state index >= 15 is 0 Å². The quantitative estimate of drug-likeness (QED) is 0.687. The van der Waals surface area contributed by atoms with Crippen LogP contribution in [0.15, 0.2) is 0 Å². The lowest BCUT2D eigenvalue weighted by Gasteiger charge is -2.24. The molecule has 0 aromatic rings. The van der Waals surface area contributed by atoms with Gasteiger partial charge in [0.2, 0.25) is 0 Å². The van der Waals surface area contributed by atoms with Gasteiger partial charge in [0.05, 0.1) is 12.6 Å². The third-order valence-corrected chi connectivity index (χ3v) is 2.53. The summed E-state index contributed by atoms with van der Waals surface area (Å²) >= 11 is 0. The monoisotopic (exact) mass is 232 g/mol. The third kappa shape index (κ3) is 3.33. The summed E-state index contributed by atoms with van der Waals surface area (Å²) in [7, 11) is 3.63. The fourth-order valence-electron chi connectivity index (χ4n) is 1.71. The van der Waals surface area contributed by atoms with Gasteiger partial charge in [-0.15, -0.1) is 0 Å². The second-order valence-electron chi connectivity index (χ2n) is 5.43. The van der Waals surface area contributed by atoms with Crippen molar-refractivity contribution >= 4 is 6.09 Å². The van der Waals surface area contributed by atoms with Gasteiger partial charge in [0.25, 0.3) is 0 Å². The van der Waals surface area contributed by atoms with E-state index in [1.165, 1.54) is 4.90 Å². The Morgan fingerprint density at radius 2 is 1.94 bits per heavy atom. The van der Waals surface area contributed by atoms with E-state index in [0.29, 0.717) is 6.54 Å². The van der Waals surface area contributed by atoms with Gasteiger partial charge in [-0.05, 0) is 34.9 Å². The third-order valence-electron chi connectivity index (χ3n) is 2.53. The van der Waals surface area contributed by atoms with Crippen LogP contribution in [0.5, 0.6) is 0 Å². The van der Waals surface area contributed by atoms with E-state index in [9.17, 15) is 9.18 Å². The molecule has 16 heavy (non-hydrogen) atoms. The van der Waals surface area contributed by atoms with E-state index in [2.05, 4.69) is 0 Å². The van der Waals surface area contributed by atoms with Crippen molar-refractivity contribution in [1.29, 1.82) is 0 Å². The zero-order chi connectivity index (χ0) is 12.5. The molecule has 0 bridgehead atoms. The van der Waals surface area contributed by atoms with Gasteiger partial charge in [-0.25, -0.2) is 9.18 Å². The number of alkyl halides is 1. The van der Waals surface area contributed by atoms with Gasteiger partial charge in [0.1, 0.15) is 11.8 Å². The van der Waals surface area contributed by atoms with Gasteiger partial charge < -0.3 is 14.5 Å². The minimum atomic E-state index is -0.998. The van der Waals surface area contributed by atoms with E-state index in [-0.39, 0.29) is 12.6 Å². The van der Waals surface area contributed by atoms with Crippen LogP contribution in [-0.4, -0.2) is 60.9 Å². The Labute approximate surface area is 96.3 Å². The fourth-order valence-corrected chi connectivity index (χ4v) is 1.71. The van der Waals surface area contributed by atoms with Crippen LogP contribution in [0.3, 0.4) is 0 Å². The molecule has 1 saturated heterocycles. The van der Waals surface area contributed by atoms with Crippen molar-refractivity contribution in [2.75, 3.05) is 27.2 Å². The molecule has 0 spiro atoms. The van der Waals surface area contributed by atoms with Crippen LogP contribution in [0.2, 0.25) is 0 Å².